The van der Waals surface area contributed by atoms with E-state index in [-0.39, 0.29) is 17.3 Å². The van der Waals surface area contributed by atoms with E-state index in [1.807, 2.05) is 12.2 Å². The van der Waals surface area contributed by atoms with Gasteiger partial charge in [0.25, 0.3) is 0 Å². The molecule has 0 aliphatic heterocycles. The van der Waals surface area contributed by atoms with Crippen LogP contribution in [-0.2, 0) is 12.8 Å². The third-order valence-electron chi connectivity index (χ3n) is 4.89. The summed E-state index contributed by atoms with van der Waals surface area (Å²) in [6.07, 6.45) is 11.3. The van der Waals surface area contributed by atoms with Gasteiger partial charge in [-0.05, 0) is 30.2 Å². The first kappa shape index (κ1) is 16.8. The lowest BCUT2D eigenvalue weighted by molar-refractivity contribution is 0.0693. The van der Waals surface area contributed by atoms with Crippen LogP contribution in [-0.4, -0.2) is 17.6 Å². The number of thiophene rings is 1. The van der Waals surface area contributed by atoms with Gasteiger partial charge in [0.05, 0.1) is 5.56 Å². The monoisotopic (exact) mass is 349 g/mol. The predicted molar refractivity (Wildman–Crippen MR) is 98.6 cm³/mol. The number of rotatable bonds is 4. The van der Waals surface area contributed by atoms with Crippen molar-refractivity contribution in [1.82, 2.24) is 4.72 Å². The topological polar surface area (TPSA) is 49.3 Å². The summed E-state index contributed by atoms with van der Waals surface area (Å²) in [4.78, 5) is 14.3. The molecule has 0 aromatic carbocycles. The van der Waals surface area contributed by atoms with Crippen molar-refractivity contribution in [2.24, 2.45) is 11.3 Å². The van der Waals surface area contributed by atoms with Gasteiger partial charge < -0.3 is 5.11 Å². The van der Waals surface area contributed by atoms with Crippen molar-refractivity contribution in [3.05, 3.63) is 45.2 Å². The Bertz CT molecular complexity index is 673. The van der Waals surface area contributed by atoms with Crippen LogP contribution < -0.4 is 4.72 Å². The van der Waals surface area contributed by atoms with Crippen molar-refractivity contribution in [2.45, 2.75) is 39.0 Å². The Morgan fingerprint density at radius 1 is 1.43 bits per heavy atom. The number of aromatic carboxylic acids is 1. The van der Waals surface area contributed by atoms with E-state index in [1.54, 1.807) is 11.3 Å². The molecule has 2 aliphatic rings. The standard InChI is InChI=1S/C18H23NO2S2/c1-18(2)8-7-14-13(9-18)15(17(20)21)16(23-14)12-6-4-3-5-11(12)10-19-22/h3-6,11-12,19,22H,7-10H2,1-2H3,(H,20,21). The van der Waals surface area contributed by atoms with Gasteiger partial charge in [0, 0.05) is 28.1 Å². The molecule has 1 aromatic rings. The first-order valence-electron chi connectivity index (χ1n) is 8.02. The molecule has 124 valence electrons. The lowest BCUT2D eigenvalue weighted by Crippen LogP contribution is -2.24. The first-order valence-corrected chi connectivity index (χ1v) is 9.29. The van der Waals surface area contributed by atoms with Gasteiger partial charge in [-0.1, -0.05) is 51.0 Å². The highest BCUT2D eigenvalue weighted by Crippen LogP contribution is 2.46. The molecular formula is C18H23NO2S2. The van der Waals surface area contributed by atoms with Crippen molar-refractivity contribution < 1.29 is 9.90 Å². The maximum atomic E-state index is 12.0. The largest absolute Gasteiger partial charge is 0.478 e. The van der Waals surface area contributed by atoms with Gasteiger partial charge in [-0.2, -0.15) is 0 Å². The van der Waals surface area contributed by atoms with Crippen LogP contribution in [0.15, 0.2) is 24.3 Å². The van der Waals surface area contributed by atoms with E-state index >= 15 is 0 Å². The van der Waals surface area contributed by atoms with E-state index in [0.29, 0.717) is 5.56 Å². The molecule has 0 saturated carbocycles. The number of hydrogen-bond acceptors (Lipinski definition) is 4. The van der Waals surface area contributed by atoms with Crippen LogP contribution in [0.25, 0.3) is 0 Å². The van der Waals surface area contributed by atoms with E-state index < -0.39 is 5.97 Å². The number of carboxylic acid groups (broad SMARTS) is 1. The SMILES string of the molecule is CC1(C)CCc2sc(C3C=CC=CC3CNS)c(C(=O)O)c2C1. The first-order chi connectivity index (χ1) is 10.9. The maximum Gasteiger partial charge on any atom is 0.337 e. The minimum Gasteiger partial charge on any atom is -0.478 e. The number of nitrogens with one attached hydrogen (secondary N) is 1. The molecule has 0 saturated heterocycles. The molecule has 0 fully saturated rings. The molecule has 2 unspecified atom stereocenters. The second kappa shape index (κ2) is 6.46. The van der Waals surface area contributed by atoms with Gasteiger partial charge in [-0.15, -0.1) is 11.3 Å². The molecule has 0 bridgehead atoms. The molecule has 3 nitrogen and oxygen atoms in total. The van der Waals surface area contributed by atoms with Crippen molar-refractivity contribution in [2.75, 3.05) is 6.54 Å². The summed E-state index contributed by atoms with van der Waals surface area (Å²) >= 11 is 5.83. The highest BCUT2D eigenvalue weighted by Gasteiger charge is 2.35. The lowest BCUT2D eigenvalue weighted by atomic mass is 9.75. The average molecular weight is 350 g/mol. The normalized spacial score (nSPS) is 25.3. The number of aryl methyl sites for hydroxylation is 1. The van der Waals surface area contributed by atoms with Gasteiger partial charge >= 0.3 is 5.97 Å². The summed E-state index contributed by atoms with van der Waals surface area (Å²) in [6, 6.07) is 0. The minimum absolute atomic E-state index is 0.115. The molecule has 1 aromatic heterocycles. The molecule has 3 rings (SSSR count). The van der Waals surface area contributed by atoms with Crippen molar-refractivity contribution in [3.63, 3.8) is 0 Å². The second-order valence-electron chi connectivity index (χ2n) is 7.21. The molecule has 5 heteroatoms. The van der Waals surface area contributed by atoms with Gasteiger partial charge in [0.15, 0.2) is 0 Å². The van der Waals surface area contributed by atoms with Crippen LogP contribution in [0.5, 0.6) is 0 Å². The molecule has 0 amide bonds. The van der Waals surface area contributed by atoms with Crippen LogP contribution in [0.3, 0.4) is 0 Å². The van der Waals surface area contributed by atoms with E-state index in [4.69, 9.17) is 0 Å². The van der Waals surface area contributed by atoms with Crippen molar-refractivity contribution in [3.8, 4) is 0 Å². The summed E-state index contributed by atoms with van der Waals surface area (Å²) < 4.78 is 2.93. The fraction of sp³-hybridized carbons (Fsp3) is 0.500. The maximum absolute atomic E-state index is 12.0. The Balaban J connectivity index is 2.06. The van der Waals surface area contributed by atoms with Gasteiger partial charge in [0.2, 0.25) is 0 Å². The number of allylic oxidation sites excluding steroid dienone is 3. The van der Waals surface area contributed by atoms with E-state index in [0.717, 1.165) is 36.2 Å². The molecular weight excluding hydrogens is 326 g/mol. The zero-order valence-corrected chi connectivity index (χ0v) is 15.2. The second-order valence-corrected chi connectivity index (χ2v) is 8.66. The summed E-state index contributed by atoms with van der Waals surface area (Å²) in [7, 11) is 0. The van der Waals surface area contributed by atoms with Crippen LogP contribution in [0.4, 0.5) is 0 Å². The van der Waals surface area contributed by atoms with Crippen molar-refractivity contribution >= 4 is 30.1 Å². The van der Waals surface area contributed by atoms with E-state index in [1.165, 1.54) is 4.88 Å². The van der Waals surface area contributed by atoms with Gasteiger partial charge in [0.1, 0.15) is 0 Å². The number of thiol groups is 1. The zero-order chi connectivity index (χ0) is 16.6. The fourth-order valence-electron chi connectivity index (χ4n) is 3.65. The quantitative estimate of drug-likeness (QED) is 0.713. The fourth-order valence-corrected chi connectivity index (χ4v) is 5.33. The molecule has 2 aliphatic carbocycles. The third kappa shape index (κ3) is 3.28. The average Bonchev–Trinajstić information content (AvgIpc) is 2.85. The summed E-state index contributed by atoms with van der Waals surface area (Å²) in [5.41, 5.74) is 1.82. The Morgan fingerprint density at radius 2 is 2.17 bits per heavy atom. The number of hydrogen-bond donors (Lipinski definition) is 3. The molecule has 1 heterocycles. The zero-order valence-electron chi connectivity index (χ0n) is 13.5. The number of fused-ring (bicyclic) bond motifs is 1. The van der Waals surface area contributed by atoms with Gasteiger partial charge in [-0.3, -0.25) is 4.72 Å². The molecule has 23 heavy (non-hydrogen) atoms. The summed E-state index contributed by atoms with van der Waals surface area (Å²) in [5, 5.41) is 9.86. The number of carboxylic acids is 1. The van der Waals surface area contributed by atoms with Crippen LogP contribution in [0.2, 0.25) is 0 Å². The summed E-state index contributed by atoms with van der Waals surface area (Å²) in [6.45, 7) is 5.19. The summed E-state index contributed by atoms with van der Waals surface area (Å²) in [5.74, 6) is -0.427. The lowest BCUT2D eigenvalue weighted by Gasteiger charge is -2.29. The molecule has 2 N–H and O–H groups in total. The Kier molecular flexibility index (Phi) is 4.72. The smallest absolute Gasteiger partial charge is 0.337 e. The Labute approximate surface area is 147 Å². The Morgan fingerprint density at radius 3 is 2.87 bits per heavy atom. The van der Waals surface area contributed by atoms with Crippen LogP contribution in [0, 0.1) is 11.3 Å². The highest BCUT2D eigenvalue weighted by molar-refractivity contribution is 7.78. The molecule has 2 atom stereocenters. The highest BCUT2D eigenvalue weighted by atomic mass is 32.1. The van der Waals surface area contributed by atoms with E-state index in [2.05, 4.69) is 43.5 Å². The van der Waals surface area contributed by atoms with Crippen LogP contribution >= 0.6 is 24.2 Å². The molecule has 0 spiro atoms. The number of carbonyl (C=O) groups is 1. The third-order valence-corrected chi connectivity index (χ3v) is 6.47. The van der Waals surface area contributed by atoms with E-state index in [9.17, 15) is 9.90 Å². The van der Waals surface area contributed by atoms with Crippen LogP contribution in [0.1, 0.15) is 51.9 Å². The minimum atomic E-state index is -0.782. The van der Waals surface area contributed by atoms with Crippen molar-refractivity contribution in [1.29, 1.82) is 0 Å². The molecule has 0 radical (unpaired) electrons. The van der Waals surface area contributed by atoms with Gasteiger partial charge in [-0.25, -0.2) is 4.79 Å². The predicted octanol–water partition coefficient (Wildman–Crippen LogP) is 4.22. The Hall–Kier alpha value is -1.04.